The van der Waals surface area contributed by atoms with Crippen molar-refractivity contribution in [3.63, 3.8) is 0 Å². The molecule has 2 unspecified atom stereocenters. The molecule has 7 nitrogen and oxygen atoms in total. The molecule has 160 valence electrons. The fourth-order valence-electron chi connectivity index (χ4n) is 2.87. The molecule has 0 radical (unpaired) electrons. The molecule has 2 amide bonds. The van der Waals surface area contributed by atoms with Gasteiger partial charge in [0.1, 0.15) is 11.8 Å². The molecular formula is C20H26Cl2N2O5. The van der Waals surface area contributed by atoms with E-state index < -0.39 is 12.0 Å². The highest BCUT2D eigenvalue weighted by Gasteiger charge is 2.35. The van der Waals surface area contributed by atoms with E-state index in [9.17, 15) is 14.4 Å². The first-order valence-electron chi connectivity index (χ1n) is 9.66. The van der Waals surface area contributed by atoms with E-state index in [0.717, 1.165) is 0 Å². The van der Waals surface area contributed by atoms with Crippen LogP contribution in [0.4, 0.5) is 0 Å². The average molecular weight is 445 g/mol. The topological polar surface area (TPSA) is 84.9 Å². The lowest BCUT2D eigenvalue weighted by Gasteiger charge is -2.34. The number of amides is 2. The minimum Gasteiger partial charge on any atom is -0.492 e. The number of hydrogen-bond acceptors (Lipinski definition) is 5. The molecule has 0 bridgehead atoms. The van der Waals surface area contributed by atoms with E-state index in [0.29, 0.717) is 41.7 Å². The first-order chi connectivity index (χ1) is 13.8. The number of ether oxygens (including phenoxy) is 2. The summed E-state index contributed by atoms with van der Waals surface area (Å²) in [4.78, 5) is 38.4. The number of halogens is 2. The van der Waals surface area contributed by atoms with Gasteiger partial charge in [-0.1, -0.05) is 30.1 Å². The zero-order chi connectivity index (χ0) is 21.4. The largest absolute Gasteiger partial charge is 0.492 e. The molecule has 1 fully saturated rings. The maximum atomic E-state index is 12.6. The molecular weight excluding hydrogens is 419 g/mol. The molecule has 0 aromatic heterocycles. The number of nitrogens with one attached hydrogen (secondary N) is 1. The first kappa shape index (κ1) is 23.3. The van der Waals surface area contributed by atoms with Crippen LogP contribution in [0.5, 0.6) is 5.75 Å². The van der Waals surface area contributed by atoms with Crippen LogP contribution in [0.1, 0.15) is 39.5 Å². The summed E-state index contributed by atoms with van der Waals surface area (Å²) in [7, 11) is 0. The zero-order valence-electron chi connectivity index (χ0n) is 16.6. The van der Waals surface area contributed by atoms with Crippen molar-refractivity contribution in [3.05, 3.63) is 28.2 Å². The molecule has 1 aromatic rings. The molecule has 1 N–H and O–H groups in total. The van der Waals surface area contributed by atoms with E-state index in [1.165, 1.54) is 4.90 Å². The Labute approximate surface area is 180 Å². The summed E-state index contributed by atoms with van der Waals surface area (Å²) in [5.74, 6) is -0.534. The Morgan fingerprint density at radius 2 is 2.10 bits per heavy atom. The van der Waals surface area contributed by atoms with Crippen molar-refractivity contribution in [2.75, 3.05) is 19.7 Å². The number of esters is 1. The van der Waals surface area contributed by atoms with Crippen molar-refractivity contribution in [2.24, 2.45) is 0 Å². The van der Waals surface area contributed by atoms with Gasteiger partial charge < -0.3 is 19.7 Å². The minimum atomic E-state index is -0.848. The van der Waals surface area contributed by atoms with Gasteiger partial charge in [-0.25, -0.2) is 0 Å². The Kier molecular flexibility index (Phi) is 9.04. The van der Waals surface area contributed by atoms with Crippen LogP contribution in [0.25, 0.3) is 0 Å². The summed E-state index contributed by atoms with van der Waals surface area (Å²) < 4.78 is 10.8. The predicted molar refractivity (Wildman–Crippen MR) is 110 cm³/mol. The van der Waals surface area contributed by atoms with Crippen LogP contribution < -0.4 is 10.1 Å². The highest BCUT2D eigenvalue weighted by molar-refractivity contribution is 6.35. The van der Waals surface area contributed by atoms with Crippen molar-refractivity contribution in [2.45, 2.75) is 51.7 Å². The lowest BCUT2D eigenvalue weighted by atomic mass is 10.1. The van der Waals surface area contributed by atoms with Crippen molar-refractivity contribution >= 4 is 41.0 Å². The van der Waals surface area contributed by atoms with Gasteiger partial charge in [-0.3, -0.25) is 14.4 Å². The van der Waals surface area contributed by atoms with Gasteiger partial charge in [0.2, 0.25) is 11.8 Å². The number of carbonyl (C=O) groups is 3. The Bertz CT molecular complexity index is 744. The van der Waals surface area contributed by atoms with Crippen LogP contribution in [0.15, 0.2) is 18.2 Å². The van der Waals surface area contributed by atoms with E-state index in [2.05, 4.69) is 5.32 Å². The van der Waals surface area contributed by atoms with E-state index >= 15 is 0 Å². The van der Waals surface area contributed by atoms with E-state index in [-0.39, 0.29) is 37.4 Å². The van der Waals surface area contributed by atoms with Crippen molar-refractivity contribution < 1.29 is 23.9 Å². The Morgan fingerprint density at radius 1 is 1.34 bits per heavy atom. The van der Waals surface area contributed by atoms with Gasteiger partial charge in [0.25, 0.3) is 0 Å². The second-order valence-electron chi connectivity index (χ2n) is 6.83. The summed E-state index contributed by atoms with van der Waals surface area (Å²) in [6.07, 6.45) is 0.937. The smallest absolute Gasteiger partial charge is 0.308 e. The maximum Gasteiger partial charge on any atom is 0.308 e. The molecule has 0 spiro atoms. The Morgan fingerprint density at radius 3 is 2.79 bits per heavy atom. The van der Waals surface area contributed by atoms with E-state index in [4.69, 9.17) is 32.7 Å². The third-order valence-electron chi connectivity index (χ3n) is 4.61. The lowest BCUT2D eigenvalue weighted by molar-refractivity contribution is -0.154. The van der Waals surface area contributed by atoms with Crippen molar-refractivity contribution in [1.29, 1.82) is 0 Å². The van der Waals surface area contributed by atoms with Gasteiger partial charge in [-0.15, -0.1) is 0 Å². The molecule has 1 heterocycles. The van der Waals surface area contributed by atoms with Crippen molar-refractivity contribution in [3.8, 4) is 5.75 Å². The SMILES string of the molecule is CCC(C)OC(=O)CC1C(=O)NCCN1C(=O)CCCOc1ccc(Cl)cc1Cl. The molecule has 9 heteroatoms. The summed E-state index contributed by atoms with van der Waals surface area (Å²) in [5, 5.41) is 3.61. The second-order valence-corrected chi connectivity index (χ2v) is 7.68. The summed E-state index contributed by atoms with van der Waals surface area (Å²) in [5.41, 5.74) is 0. The molecule has 1 aromatic carbocycles. The van der Waals surface area contributed by atoms with E-state index in [1.54, 1.807) is 25.1 Å². The molecule has 29 heavy (non-hydrogen) atoms. The van der Waals surface area contributed by atoms with Gasteiger partial charge in [0.05, 0.1) is 24.2 Å². The molecule has 1 saturated heterocycles. The molecule has 2 atom stereocenters. The normalized spacial score (nSPS) is 17.4. The monoisotopic (exact) mass is 444 g/mol. The van der Waals surface area contributed by atoms with Crippen LogP contribution in [-0.2, 0) is 19.1 Å². The van der Waals surface area contributed by atoms with Crippen LogP contribution >= 0.6 is 23.2 Å². The van der Waals surface area contributed by atoms with Gasteiger partial charge in [-0.05, 0) is 38.0 Å². The zero-order valence-corrected chi connectivity index (χ0v) is 18.1. The van der Waals surface area contributed by atoms with Crippen molar-refractivity contribution in [1.82, 2.24) is 10.2 Å². The fraction of sp³-hybridized carbons (Fsp3) is 0.550. The minimum absolute atomic E-state index is 0.154. The van der Waals surface area contributed by atoms with Gasteiger partial charge in [-0.2, -0.15) is 0 Å². The highest BCUT2D eigenvalue weighted by Crippen LogP contribution is 2.27. The summed E-state index contributed by atoms with van der Waals surface area (Å²) in [6, 6.07) is 4.07. The highest BCUT2D eigenvalue weighted by atomic mass is 35.5. The second kappa shape index (κ2) is 11.3. The molecule has 0 saturated carbocycles. The van der Waals surface area contributed by atoms with Crippen LogP contribution in [0, 0.1) is 0 Å². The lowest BCUT2D eigenvalue weighted by Crippen LogP contribution is -2.57. The Balaban J connectivity index is 1.86. The van der Waals surface area contributed by atoms with Gasteiger partial charge in [0, 0.05) is 24.5 Å². The van der Waals surface area contributed by atoms with Gasteiger partial charge in [0.15, 0.2) is 0 Å². The fourth-order valence-corrected chi connectivity index (χ4v) is 3.33. The summed E-state index contributed by atoms with van der Waals surface area (Å²) >= 11 is 11.9. The van der Waals surface area contributed by atoms with Crippen LogP contribution in [-0.4, -0.2) is 54.5 Å². The third-order valence-corrected chi connectivity index (χ3v) is 5.14. The van der Waals surface area contributed by atoms with Crippen LogP contribution in [0.2, 0.25) is 10.0 Å². The molecule has 0 aliphatic carbocycles. The predicted octanol–water partition coefficient (Wildman–Crippen LogP) is 3.21. The number of benzene rings is 1. The number of hydrogen-bond donors (Lipinski definition) is 1. The number of piperazine rings is 1. The molecule has 2 rings (SSSR count). The average Bonchev–Trinajstić information content (AvgIpc) is 2.67. The van der Waals surface area contributed by atoms with Gasteiger partial charge >= 0.3 is 5.97 Å². The Hall–Kier alpha value is -1.99. The molecule has 1 aliphatic heterocycles. The number of carbonyl (C=O) groups excluding carboxylic acids is 3. The standard InChI is InChI=1S/C20H26Cl2N2O5/c1-3-13(2)29-19(26)12-16-20(27)23-8-9-24(16)18(25)5-4-10-28-17-7-6-14(21)11-15(17)22/h6-7,11,13,16H,3-5,8-10,12H2,1-2H3,(H,23,27). The van der Waals surface area contributed by atoms with Crippen LogP contribution in [0.3, 0.4) is 0 Å². The first-order valence-corrected chi connectivity index (χ1v) is 10.4. The maximum absolute atomic E-state index is 12.6. The third kappa shape index (κ3) is 7.08. The molecule has 1 aliphatic rings. The number of nitrogens with zero attached hydrogens (tertiary/aromatic N) is 1. The quantitative estimate of drug-likeness (QED) is 0.466. The van der Waals surface area contributed by atoms with E-state index in [1.807, 2.05) is 6.92 Å². The summed E-state index contributed by atoms with van der Waals surface area (Å²) in [6.45, 7) is 4.69. The number of rotatable bonds is 9.